The molecule has 0 bridgehead atoms. The van der Waals surface area contributed by atoms with Gasteiger partial charge >= 0.3 is 5.78 Å². The lowest BCUT2D eigenvalue weighted by atomic mass is 9.48. The van der Waals surface area contributed by atoms with Gasteiger partial charge in [0.05, 0.1) is 0 Å². The first-order valence-electron chi connectivity index (χ1n) is 9.96. The molecule has 0 N–H and O–H groups in total. The maximum absolute atomic E-state index is 12.7. The number of allylic oxidation sites excluding steroid dienone is 4. The summed E-state index contributed by atoms with van der Waals surface area (Å²) in [6.07, 6.45) is 10.7. The van der Waals surface area contributed by atoms with Crippen LogP contribution in [0.2, 0.25) is 0 Å². The van der Waals surface area contributed by atoms with Crippen molar-refractivity contribution in [2.24, 2.45) is 28.1 Å². The van der Waals surface area contributed by atoms with E-state index in [9.17, 15) is 4.79 Å². The smallest absolute Gasteiger partial charge is 0.298 e. The molecule has 138 valence electrons. The molecule has 3 aliphatic carbocycles. The van der Waals surface area contributed by atoms with Crippen LogP contribution in [0, 0.1) is 28.1 Å². The van der Waals surface area contributed by atoms with Gasteiger partial charge in [0.15, 0.2) is 11.2 Å². The first-order valence-corrected chi connectivity index (χ1v) is 9.96. The van der Waals surface area contributed by atoms with Gasteiger partial charge in [0.25, 0.3) is 7.11 Å². The summed E-state index contributed by atoms with van der Waals surface area (Å²) in [6.45, 7) is 13.3. The minimum absolute atomic E-state index is 0.193. The van der Waals surface area contributed by atoms with Gasteiger partial charge in [0.2, 0.25) is 0 Å². The second-order valence-electron chi connectivity index (χ2n) is 9.73. The fourth-order valence-electron chi connectivity index (χ4n) is 6.32. The zero-order valence-corrected chi connectivity index (χ0v) is 17.2. The Balaban J connectivity index is 2.16. The SMILES string of the molecule is C[O+]=C1C=C2C(=CC1(C(C)=O)C(C)C)CCC1C(C)(C)CCCC21C. The number of Topliss-reactive ketones (excluding diaryl/α,β-unsaturated/α-hetero) is 1. The highest BCUT2D eigenvalue weighted by molar-refractivity contribution is 6.15. The average Bonchev–Trinajstić information content (AvgIpc) is 2.52. The quantitative estimate of drug-likeness (QED) is 0.484. The number of hydrogen-bond donors (Lipinski definition) is 0. The van der Waals surface area contributed by atoms with Gasteiger partial charge in [-0.1, -0.05) is 47.1 Å². The minimum Gasteiger partial charge on any atom is -0.298 e. The lowest BCUT2D eigenvalue weighted by molar-refractivity contribution is -0.423. The number of ketones is 2. The molecule has 3 atom stereocenters. The second-order valence-corrected chi connectivity index (χ2v) is 9.73. The van der Waals surface area contributed by atoms with Crippen molar-refractivity contribution in [1.29, 1.82) is 0 Å². The Bertz CT molecular complexity index is 676. The summed E-state index contributed by atoms with van der Waals surface area (Å²) in [5.74, 6) is 1.94. The standard InChI is InChI=1S/C23H35O2/c1-15(2)23(16(3)24)14-17-9-10-19-21(4,5)11-8-12-22(19,6)18(17)13-20(23)25-7/h13-15,19H,8-12H2,1-7H3/q+1. The molecule has 2 nitrogen and oxygen atoms in total. The molecule has 2 saturated carbocycles. The van der Waals surface area contributed by atoms with Crippen molar-refractivity contribution in [2.45, 2.75) is 73.6 Å². The number of rotatable bonds is 2. The normalized spacial score (nSPS) is 38.7. The van der Waals surface area contributed by atoms with E-state index in [1.807, 2.05) is 0 Å². The van der Waals surface area contributed by atoms with Crippen LogP contribution in [0.1, 0.15) is 73.6 Å². The monoisotopic (exact) mass is 343 g/mol. The van der Waals surface area contributed by atoms with Gasteiger partial charge in [0.1, 0.15) is 0 Å². The molecule has 0 aromatic carbocycles. The third kappa shape index (κ3) is 2.51. The predicted octanol–water partition coefficient (Wildman–Crippen LogP) is 5.45. The largest absolute Gasteiger partial charge is 0.336 e. The highest BCUT2D eigenvalue weighted by atomic mass is 16.4. The minimum atomic E-state index is -0.596. The predicted molar refractivity (Wildman–Crippen MR) is 104 cm³/mol. The molecule has 25 heavy (non-hydrogen) atoms. The van der Waals surface area contributed by atoms with Crippen LogP contribution in [0.25, 0.3) is 0 Å². The Morgan fingerprint density at radius 2 is 1.92 bits per heavy atom. The van der Waals surface area contributed by atoms with Gasteiger partial charge in [-0.3, -0.25) is 9.22 Å². The van der Waals surface area contributed by atoms with Crippen molar-refractivity contribution in [3.05, 3.63) is 23.3 Å². The summed E-state index contributed by atoms with van der Waals surface area (Å²) in [6, 6.07) is 0. The molecule has 0 heterocycles. The lowest BCUT2D eigenvalue weighted by Gasteiger charge is -2.56. The first-order chi connectivity index (χ1) is 11.6. The molecule has 0 radical (unpaired) electrons. The van der Waals surface area contributed by atoms with Gasteiger partial charge in [-0.05, 0) is 66.4 Å². The first kappa shape index (κ1) is 18.6. The topological polar surface area (TPSA) is 28.4 Å². The van der Waals surface area contributed by atoms with Crippen molar-refractivity contribution in [3.63, 3.8) is 0 Å². The summed E-state index contributed by atoms with van der Waals surface area (Å²) in [5, 5.41) is 0. The molecule has 0 amide bonds. The number of carbonyl (C=O) groups excluding carboxylic acids is 2. The molecule has 0 saturated heterocycles. The molecular weight excluding hydrogens is 308 g/mol. The zero-order chi connectivity index (χ0) is 18.6. The molecule has 0 aliphatic heterocycles. The van der Waals surface area contributed by atoms with Crippen LogP contribution in [-0.2, 0) is 9.22 Å². The lowest BCUT2D eigenvalue weighted by Crippen LogP contribution is -2.49. The maximum Gasteiger partial charge on any atom is 0.336 e. The highest BCUT2D eigenvalue weighted by Gasteiger charge is 2.56. The van der Waals surface area contributed by atoms with E-state index < -0.39 is 5.41 Å². The van der Waals surface area contributed by atoms with E-state index in [-0.39, 0.29) is 17.1 Å². The summed E-state index contributed by atoms with van der Waals surface area (Å²) < 4.78 is 5.83. The van der Waals surface area contributed by atoms with E-state index in [1.165, 1.54) is 36.8 Å². The summed E-state index contributed by atoms with van der Waals surface area (Å²) in [7, 11) is 1.72. The van der Waals surface area contributed by atoms with Crippen molar-refractivity contribution in [1.82, 2.24) is 0 Å². The Morgan fingerprint density at radius 1 is 1.24 bits per heavy atom. The van der Waals surface area contributed by atoms with E-state index in [0.717, 1.165) is 12.2 Å². The number of fused-ring (bicyclic) bond motifs is 3. The van der Waals surface area contributed by atoms with Crippen molar-refractivity contribution in [3.8, 4) is 0 Å². The van der Waals surface area contributed by atoms with E-state index in [4.69, 9.17) is 4.42 Å². The molecule has 2 heteroatoms. The van der Waals surface area contributed by atoms with Crippen LogP contribution in [0.3, 0.4) is 0 Å². The van der Waals surface area contributed by atoms with Crippen LogP contribution >= 0.6 is 0 Å². The van der Waals surface area contributed by atoms with Gasteiger partial charge in [-0.25, -0.2) is 0 Å². The highest BCUT2D eigenvalue weighted by Crippen LogP contribution is 2.62. The molecular formula is C23H35O2+. The molecule has 3 aliphatic rings. The van der Waals surface area contributed by atoms with E-state index in [2.05, 4.69) is 46.8 Å². The Hall–Kier alpha value is -1.18. The molecule has 0 spiro atoms. The van der Waals surface area contributed by atoms with E-state index in [1.54, 1.807) is 14.0 Å². The number of carbonyl (C=O) groups is 1. The summed E-state index contributed by atoms with van der Waals surface area (Å²) in [4.78, 5) is 12.7. The molecule has 0 aromatic rings. The summed E-state index contributed by atoms with van der Waals surface area (Å²) in [5.41, 5.74) is 2.85. The van der Waals surface area contributed by atoms with Crippen molar-refractivity contribution in [2.75, 3.05) is 7.11 Å². The molecule has 3 rings (SSSR count). The van der Waals surface area contributed by atoms with E-state index in [0.29, 0.717) is 11.3 Å². The number of hydrogen-bond acceptors (Lipinski definition) is 1. The van der Waals surface area contributed by atoms with Gasteiger partial charge in [-0.15, -0.1) is 0 Å². The Labute approximate surface area is 153 Å². The zero-order valence-electron chi connectivity index (χ0n) is 17.2. The van der Waals surface area contributed by atoms with Crippen LogP contribution in [0.15, 0.2) is 23.3 Å². The van der Waals surface area contributed by atoms with Gasteiger partial charge in [-0.2, -0.15) is 0 Å². The van der Waals surface area contributed by atoms with Crippen LogP contribution in [0.4, 0.5) is 0 Å². The summed E-state index contributed by atoms with van der Waals surface area (Å²) >= 11 is 0. The maximum atomic E-state index is 12.7. The van der Waals surface area contributed by atoms with Gasteiger partial charge in [0, 0.05) is 6.08 Å². The fraction of sp³-hybridized carbons (Fsp3) is 0.739. The third-order valence-corrected chi connectivity index (χ3v) is 7.69. The molecule has 2 fully saturated rings. The Kier molecular flexibility index (Phi) is 4.41. The van der Waals surface area contributed by atoms with Crippen LogP contribution in [0.5, 0.6) is 0 Å². The average molecular weight is 344 g/mol. The second kappa shape index (κ2) is 5.93. The molecule has 0 aromatic heterocycles. The third-order valence-electron chi connectivity index (χ3n) is 7.69. The Morgan fingerprint density at radius 3 is 2.48 bits per heavy atom. The fourth-order valence-corrected chi connectivity index (χ4v) is 6.32. The van der Waals surface area contributed by atoms with E-state index >= 15 is 0 Å². The van der Waals surface area contributed by atoms with Crippen LogP contribution in [-0.4, -0.2) is 18.7 Å². The van der Waals surface area contributed by atoms with Crippen molar-refractivity contribution < 1.29 is 9.22 Å². The molecule has 3 unspecified atom stereocenters. The van der Waals surface area contributed by atoms with Crippen LogP contribution < -0.4 is 0 Å². The van der Waals surface area contributed by atoms with Crippen molar-refractivity contribution >= 4 is 11.6 Å². The van der Waals surface area contributed by atoms with Gasteiger partial charge < -0.3 is 0 Å².